The largest absolute Gasteiger partial charge is 0.330 e. The first-order chi connectivity index (χ1) is 8.11. The van der Waals surface area contributed by atoms with E-state index in [0.29, 0.717) is 12.1 Å². The van der Waals surface area contributed by atoms with Crippen molar-refractivity contribution < 1.29 is 4.39 Å². The lowest BCUT2D eigenvalue weighted by molar-refractivity contribution is 0.631. The summed E-state index contributed by atoms with van der Waals surface area (Å²) in [5, 5.41) is 0.743. The zero-order chi connectivity index (χ0) is 12.4. The number of thiazole rings is 1. The van der Waals surface area contributed by atoms with Crippen LogP contribution < -0.4 is 5.73 Å². The predicted octanol–water partition coefficient (Wildman–Crippen LogP) is 3.07. The number of rotatable bonds is 3. The zero-order valence-corrected chi connectivity index (χ0v) is 10.8. The molecular weight excluding hydrogens is 235 g/mol. The first-order valence-corrected chi connectivity index (χ1v) is 6.36. The molecule has 0 spiro atoms. The second-order valence-corrected chi connectivity index (χ2v) is 5.13. The lowest BCUT2D eigenvalue weighted by atomic mass is 10.1. The van der Waals surface area contributed by atoms with E-state index in [0.717, 1.165) is 27.6 Å². The van der Waals surface area contributed by atoms with E-state index in [1.165, 1.54) is 17.4 Å². The molecule has 2 nitrogen and oxygen atoms in total. The van der Waals surface area contributed by atoms with E-state index in [1.807, 2.05) is 19.9 Å². The predicted molar refractivity (Wildman–Crippen MR) is 69.7 cm³/mol. The zero-order valence-electron chi connectivity index (χ0n) is 9.96. The molecule has 0 fully saturated rings. The molecule has 0 aliphatic rings. The molecular formula is C13H15FN2S. The Kier molecular flexibility index (Phi) is 3.54. The van der Waals surface area contributed by atoms with Crippen LogP contribution in [0.15, 0.2) is 18.2 Å². The molecule has 17 heavy (non-hydrogen) atoms. The van der Waals surface area contributed by atoms with Crippen molar-refractivity contribution in [3.05, 3.63) is 40.2 Å². The molecule has 0 saturated heterocycles. The Labute approximate surface area is 104 Å². The SMILES string of the molecule is Cc1ccc(F)c(-c2nc(C)c(CCN)s2)c1. The maximum absolute atomic E-state index is 13.7. The van der Waals surface area contributed by atoms with Crippen molar-refractivity contribution in [2.75, 3.05) is 6.54 Å². The van der Waals surface area contributed by atoms with Gasteiger partial charge in [0.15, 0.2) is 0 Å². The van der Waals surface area contributed by atoms with Gasteiger partial charge in [-0.05, 0) is 38.9 Å². The van der Waals surface area contributed by atoms with Crippen LogP contribution in [0.5, 0.6) is 0 Å². The number of aryl methyl sites for hydroxylation is 2. The molecule has 0 aliphatic heterocycles. The monoisotopic (exact) mass is 250 g/mol. The van der Waals surface area contributed by atoms with E-state index < -0.39 is 0 Å². The van der Waals surface area contributed by atoms with Crippen LogP contribution in [-0.4, -0.2) is 11.5 Å². The molecule has 0 saturated carbocycles. The van der Waals surface area contributed by atoms with Crippen molar-refractivity contribution in [3.63, 3.8) is 0 Å². The summed E-state index contributed by atoms with van der Waals surface area (Å²) in [6.07, 6.45) is 0.803. The quantitative estimate of drug-likeness (QED) is 0.909. The highest BCUT2D eigenvalue weighted by Gasteiger charge is 2.12. The van der Waals surface area contributed by atoms with Gasteiger partial charge >= 0.3 is 0 Å². The standard InChI is InChI=1S/C13H15FN2S/c1-8-3-4-11(14)10(7-8)13-16-9(2)12(17-13)5-6-15/h3-4,7H,5-6,15H2,1-2H3. The van der Waals surface area contributed by atoms with Gasteiger partial charge in [-0.15, -0.1) is 11.3 Å². The molecule has 4 heteroatoms. The van der Waals surface area contributed by atoms with Crippen LogP contribution in [0, 0.1) is 19.7 Å². The van der Waals surface area contributed by atoms with Gasteiger partial charge in [0, 0.05) is 10.4 Å². The third kappa shape index (κ3) is 2.53. The summed E-state index contributed by atoms with van der Waals surface area (Å²) in [4.78, 5) is 5.57. The second-order valence-electron chi connectivity index (χ2n) is 4.05. The van der Waals surface area contributed by atoms with Crippen LogP contribution in [0.1, 0.15) is 16.1 Å². The van der Waals surface area contributed by atoms with Crippen molar-refractivity contribution in [1.82, 2.24) is 4.98 Å². The van der Waals surface area contributed by atoms with Gasteiger partial charge in [0.05, 0.1) is 5.69 Å². The Morgan fingerprint density at radius 2 is 2.12 bits per heavy atom. The van der Waals surface area contributed by atoms with Gasteiger partial charge in [-0.3, -0.25) is 0 Å². The van der Waals surface area contributed by atoms with Gasteiger partial charge < -0.3 is 5.73 Å². The lowest BCUT2D eigenvalue weighted by Crippen LogP contribution is -2.01. The second kappa shape index (κ2) is 4.94. The first kappa shape index (κ1) is 12.2. The fraction of sp³-hybridized carbons (Fsp3) is 0.308. The minimum Gasteiger partial charge on any atom is -0.330 e. The summed E-state index contributed by atoms with van der Waals surface area (Å²) in [5.41, 5.74) is 8.11. The van der Waals surface area contributed by atoms with Gasteiger partial charge in [-0.2, -0.15) is 0 Å². The minimum absolute atomic E-state index is 0.219. The summed E-state index contributed by atoms with van der Waals surface area (Å²) in [5.74, 6) is -0.219. The number of nitrogens with zero attached hydrogens (tertiary/aromatic N) is 1. The topological polar surface area (TPSA) is 38.9 Å². The minimum atomic E-state index is -0.219. The number of aromatic nitrogens is 1. The number of halogens is 1. The summed E-state index contributed by atoms with van der Waals surface area (Å²) in [6.45, 7) is 4.49. The average molecular weight is 250 g/mol. The van der Waals surface area contributed by atoms with E-state index in [1.54, 1.807) is 6.07 Å². The van der Waals surface area contributed by atoms with Crippen LogP contribution in [0.2, 0.25) is 0 Å². The molecule has 90 valence electrons. The molecule has 0 amide bonds. The molecule has 1 aromatic carbocycles. The van der Waals surface area contributed by atoms with Crippen LogP contribution in [0.4, 0.5) is 4.39 Å². The van der Waals surface area contributed by atoms with Gasteiger partial charge in [0.25, 0.3) is 0 Å². The van der Waals surface area contributed by atoms with Crippen LogP contribution >= 0.6 is 11.3 Å². The van der Waals surface area contributed by atoms with Crippen molar-refractivity contribution in [3.8, 4) is 10.6 Å². The van der Waals surface area contributed by atoms with Crippen LogP contribution in [-0.2, 0) is 6.42 Å². The van der Waals surface area contributed by atoms with Crippen molar-refractivity contribution in [2.45, 2.75) is 20.3 Å². The molecule has 0 atom stereocenters. The molecule has 0 unspecified atom stereocenters. The van der Waals surface area contributed by atoms with Crippen molar-refractivity contribution >= 4 is 11.3 Å². The van der Waals surface area contributed by atoms with Gasteiger partial charge in [-0.1, -0.05) is 11.6 Å². The normalized spacial score (nSPS) is 10.8. The highest BCUT2D eigenvalue weighted by molar-refractivity contribution is 7.15. The summed E-state index contributed by atoms with van der Waals surface area (Å²) >= 11 is 1.53. The van der Waals surface area contributed by atoms with E-state index in [9.17, 15) is 4.39 Å². The molecule has 2 N–H and O–H groups in total. The highest BCUT2D eigenvalue weighted by Crippen LogP contribution is 2.30. The summed E-state index contributed by atoms with van der Waals surface area (Å²) < 4.78 is 13.7. The summed E-state index contributed by atoms with van der Waals surface area (Å²) in [6, 6.07) is 5.09. The maximum Gasteiger partial charge on any atom is 0.133 e. The molecule has 2 rings (SSSR count). The number of hydrogen-bond donors (Lipinski definition) is 1. The van der Waals surface area contributed by atoms with Gasteiger partial charge in [0.2, 0.25) is 0 Å². The van der Waals surface area contributed by atoms with E-state index >= 15 is 0 Å². The number of nitrogens with two attached hydrogens (primary N) is 1. The van der Waals surface area contributed by atoms with Crippen LogP contribution in [0.3, 0.4) is 0 Å². The Bertz CT molecular complexity index is 534. The first-order valence-electron chi connectivity index (χ1n) is 5.54. The Hall–Kier alpha value is -1.26. The van der Waals surface area contributed by atoms with E-state index in [-0.39, 0.29) is 5.82 Å². The molecule has 0 bridgehead atoms. The van der Waals surface area contributed by atoms with Crippen LogP contribution in [0.25, 0.3) is 10.6 Å². The average Bonchev–Trinajstić information content (AvgIpc) is 2.64. The third-order valence-electron chi connectivity index (χ3n) is 2.62. The van der Waals surface area contributed by atoms with Gasteiger partial charge in [-0.25, -0.2) is 9.37 Å². The fourth-order valence-corrected chi connectivity index (χ4v) is 2.80. The fourth-order valence-electron chi connectivity index (χ4n) is 1.71. The Morgan fingerprint density at radius 1 is 1.35 bits per heavy atom. The van der Waals surface area contributed by atoms with E-state index in [4.69, 9.17) is 5.73 Å². The molecule has 1 aromatic heterocycles. The highest BCUT2D eigenvalue weighted by atomic mass is 32.1. The van der Waals surface area contributed by atoms with Crippen molar-refractivity contribution in [1.29, 1.82) is 0 Å². The number of benzene rings is 1. The lowest BCUT2D eigenvalue weighted by Gasteiger charge is -2.00. The molecule has 0 radical (unpaired) electrons. The molecule has 1 heterocycles. The Morgan fingerprint density at radius 3 is 2.82 bits per heavy atom. The van der Waals surface area contributed by atoms with E-state index in [2.05, 4.69) is 4.98 Å². The Balaban J connectivity index is 2.45. The molecule has 0 aliphatic carbocycles. The molecule has 2 aromatic rings. The third-order valence-corrected chi connectivity index (χ3v) is 3.87. The smallest absolute Gasteiger partial charge is 0.133 e. The van der Waals surface area contributed by atoms with Crippen molar-refractivity contribution in [2.24, 2.45) is 5.73 Å². The maximum atomic E-state index is 13.7. The van der Waals surface area contributed by atoms with Gasteiger partial charge in [0.1, 0.15) is 10.8 Å². The number of hydrogen-bond acceptors (Lipinski definition) is 3. The summed E-state index contributed by atoms with van der Waals surface area (Å²) in [7, 11) is 0.